The molecule has 4 N–H and O–H groups in total. The molecule has 3 aromatic rings. The van der Waals surface area contributed by atoms with E-state index in [1.165, 1.54) is 24.0 Å². The number of nitrogens with zero attached hydrogens (tertiary/aromatic N) is 3. The molecule has 4 atom stereocenters. The highest BCUT2D eigenvalue weighted by atomic mass is 31.2. The number of pyridine rings is 1. The largest absolute Gasteiger partial charge is 0.481 e. The molecule has 15 nitrogen and oxygen atoms in total. The molecule has 0 radical (unpaired) electrons. The third kappa shape index (κ3) is 10.4. The third-order valence-electron chi connectivity index (χ3n) is 5.28. The van der Waals surface area contributed by atoms with Crippen LogP contribution >= 0.6 is 7.52 Å². The van der Waals surface area contributed by atoms with Crippen molar-refractivity contribution in [3.8, 4) is 5.75 Å². The molecule has 232 valence electrons. The van der Waals surface area contributed by atoms with Gasteiger partial charge in [-0.2, -0.15) is 9.59 Å². The minimum Gasteiger partial charge on any atom is -0.481 e. The zero-order valence-electron chi connectivity index (χ0n) is 23.4. The number of carbonyl (C=O) groups is 2. The van der Waals surface area contributed by atoms with Crippen LogP contribution < -0.4 is 15.3 Å². The Morgan fingerprint density at radius 2 is 1.88 bits per heavy atom. The van der Waals surface area contributed by atoms with Crippen molar-refractivity contribution in [3.05, 3.63) is 60.8 Å². The van der Waals surface area contributed by atoms with Crippen molar-refractivity contribution in [1.29, 1.82) is 0 Å². The molecule has 43 heavy (non-hydrogen) atoms. The van der Waals surface area contributed by atoms with E-state index in [9.17, 15) is 18.5 Å². The van der Waals surface area contributed by atoms with Crippen molar-refractivity contribution >= 4 is 42.5 Å². The first-order valence-electron chi connectivity index (χ1n) is 12.7. The lowest BCUT2D eigenvalue weighted by molar-refractivity contribution is -0.191. The van der Waals surface area contributed by atoms with Crippen LogP contribution in [0, 0.1) is 0 Å². The SMILES string of the molecule is CCC(=O)O.CCOC(=O)[C@H](C)N[P@](=O)(CO[C@@H]1C=C(F)[C@H](n2cnc3c(N)ccnc32)O1)Oc1ccccc1.O=C=O. The number of carbonyl (C=O) groups excluding carboxylic acids is 3. The number of ether oxygens (including phenoxy) is 3. The number of hydrogen-bond acceptors (Lipinski definition) is 12. The van der Waals surface area contributed by atoms with E-state index in [4.69, 9.17) is 39.2 Å². The molecule has 0 saturated carbocycles. The van der Waals surface area contributed by atoms with Gasteiger partial charge in [-0.05, 0) is 32.0 Å². The number of imidazole rings is 1. The van der Waals surface area contributed by atoms with Gasteiger partial charge in [0.25, 0.3) is 0 Å². The zero-order chi connectivity index (χ0) is 32.0. The van der Waals surface area contributed by atoms with Crippen LogP contribution in [0.2, 0.25) is 0 Å². The standard InChI is InChI=1S/C22H25FN5O6P.C3H6O2.CO2/c1-3-31-22(29)14(2)27-35(30,34-15-7-5-4-6-8-15)13-32-18-11-16(23)21(33-18)28-12-26-19-17(24)9-10-25-20(19)28;1-2-3(4)5;2-1-3/h4-12,14,18,21H,3,13H2,1-2H3,(H2,24,25)(H,27,30);2H2,1H3,(H,4,5);/t14-,18-,21+,35-;;/m0../s1. The summed E-state index contributed by atoms with van der Waals surface area (Å²) >= 11 is 0. The molecule has 0 bridgehead atoms. The number of anilines is 1. The summed E-state index contributed by atoms with van der Waals surface area (Å²) < 4.78 is 51.6. The van der Waals surface area contributed by atoms with E-state index in [2.05, 4.69) is 15.1 Å². The number of aromatic nitrogens is 3. The fourth-order valence-electron chi connectivity index (χ4n) is 3.38. The number of fused-ring (bicyclic) bond motifs is 1. The second-order valence-corrected chi connectivity index (χ2v) is 10.5. The molecule has 1 aromatic carbocycles. The van der Waals surface area contributed by atoms with Crippen LogP contribution in [0.15, 0.2) is 60.8 Å². The maximum Gasteiger partial charge on any atom is 0.373 e. The smallest absolute Gasteiger partial charge is 0.373 e. The Labute approximate surface area is 245 Å². The number of esters is 1. The van der Waals surface area contributed by atoms with Crippen LogP contribution in [0.5, 0.6) is 5.75 Å². The first-order chi connectivity index (χ1) is 20.5. The molecule has 0 spiro atoms. The third-order valence-corrected chi connectivity index (χ3v) is 7.05. The van der Waals surface area contributed by atoms with Gasteiger partial charge in [-0.3, -0.25) is 18.7 Å². The second kappa shape index (κ2) is 16.9. The summed E-state index contributed by atoms with van der Waals surface area (Å²) in [6, 6.07) is 9.02. The number of carboxylic acid groups (broad SMARTS) is 1. The van der Waals surface area contributed by atoms with Crippen LogP contribution in [0.4, 0.5) is 10.1 Å². The van der Waals surface area contributed by atoms with Crippen molar-refractivity contribution in [2.24, 2.45) is 0 Å². The fourth-order valence-corrected chi connectivity index (χ4v) is 5.06. The Hall–Kier alpha value is -4.46. The van der Waals surface area contributed by atoms with Crippen LogP contribution in [0.3, 0.4) is 0 Å². The Kier molecular flexibility index (Phi) is 13.6. The van der Waals surface area contributed by atoms with Gasteiger partial charge < -0.3 is 29.6 Å². The first kappa shape index (κ1) is 34.7. The van der Waals surface area contributed by atoms with Gasteiger partial charge in [0.15, 0.2) is 30.3 Å². The molecule has 0 fully saturated rings. The molecule has 0 aliphatic carbocycles. The van der Waals surface area contributed by atoms with Gasteiger partial charge in [0.05, 0.1) is 18.6 Å². The highest BCUT2D eigenvalue weighted by Gasteiger charge is 2.36. The maximum atomic E-state index is 14.8. The molecule has 2 aromatic heterocycles. The maximum absolute atomic E-state index is 14.8. The Balaban J connectivity index is 0.000000719. The number of para-hydroxylation sites is 1. The van der Waals surface area contributed by atoms with E-state index in [1.807, 2.05) is 0 Å². The number of rotatable bonds is 11. The van der Waals surface area contributed by atoms with Gasteiger partial charge in [0.1, 0.15) is 17.3 Å². The van der Waals surface area contributed by atoms with E-state index < -0.39 is 50.2 Å². The summed E-state index contributed by atoms with van der Waals surface area (Å²) in [5.41, 5.74) is 7.03. The zero-order valence-corrected chi connectivity index (χ0v) is 24.3. The minimum absolute atomic E-state index is 0.163. The topological polar surface area (TPSA) is 211 Å². The van der Waals surface area contributed by atoms with Gasteiger partial charge in [0, 0.05) is 18.7 Å². The average Bonchev–Trinajstić information content (AvgIpc) is 3.57. The minimum atomic E-state index is -3.83. The molecule has 0 amide bonds. The highest BCUT2D eigenvalue weighted by Crippen LogP contribution is 2.45. The van der Waals surface area contributed by atoms with Gasteiger partial charge in [-0.15, -0.1) is 0 Å². The number of carboxylic acids is 1. The predicted octanol–water partition coefficient (Wildman–Crippen LogP) is 3.41. The second-order valence-electron chi connectivity index (χ2n) is 8.44. The molecular weight excluding hydrogens is 592 g/mol. The Bertz CT molecular complexity index is 1480. The van der Waals surface area contributed by atoms with Crippen LogP contribution in [0.1, 0.15) is 33.4 Å². The lowest BCUT2D eigenvalue weighted by Gasteiger charge is -2.24. The summed E-state index contributed by atoms with van der Waals surface area (Å²) in [5.74, 6) is -1.70. The molecular formula is C26H31FN5O10P. The van der Waals surface area contributed by atoms with Gasteiger partial charge in [-0.25, -0.2) is 19.4 Å². The highest BCUT2D eigenvalue weighted by molar-refractivity contribution is 7.57. The van der Waals surface area contributed by atoms with Crippen LogP contribution in [-0.2, 0) is 38.0 Å². The van der Waals surface area contributed by atoms with Crippen molar-refractivity contribution < 1.29 is 52.0 Å². The molecule has 1 aliphatic heterocycles. The molecule has 0 saturated heterocycles. The van der Waals surface area contributed by atoms with Crippen LogP contribution in [0.25, 0.3) is 11.2 Å². The predicted molar refractivity (Wildman–Crippen MR) is 148 cm³/mol. The number of nitrogens with one attached hydrogen (secondary N) is 1. The Morgan fingerprint density at radius 3 is 2.49 bits per heavy atom. The van der Waals surface area contributed by atoms with Crippen molar-refractivity contribution in [1.82, 2.24) is 19.6 Å². The number of halogens is 1. The molecule has 17 heteroatoms. The number of nitrogens with two attached hydrogens (primary N) is 1. The summed E-state index contributed by atoms with van der Waals surface area (Å²) in [6.07, 6.45) is 1.51. The van der Waals surface area contributed by atoms with E-state index in [1.54, 1.807) is 50.2 Å². The molecule has 4 rings (SSSR count). The normalized spacial score (nSPS) is 17.5. The fraction of sp³-hybridized carbons (Fsp3) is 0.346. The van der Waals surface area contributed by atoms with Gasteiger partial charge >= 0.3 is 25.6 Å². The summed E-state index contributed by atoms with van der Waals surface area (Å²) in [5, 5.41) is 10.4. The summed E-state index contributed by atoms with van der Waals surface area (Å²) in [4.78, 5) is 46.0. The van der Waals surface area contributed by atoms with Crippen molar-refractivity contribution in [3.63, 3.8) is 0 Å². The van der Waals surface area contributed by atoms with E-state index in [0.717, 1.165) is 6.08 Å². The molecule has 3 heterocycles. The number of nitrogen functional groups attached to an aromatic ring is 1. The van der Waals surface area contributed by atoms with Gasteiger partial charge in [0.2, 0.25) is 0 Å². The summed E-state index contributed by atoms with van der Waals surface area (Å²) in [6.45, 7) is 4.91. The van der Waals surface area contributed by atoms with Crippen molar-refractivity contribution in [2.75, 3.05) is 18.7 Å². The number of benzene rings is 1. The van der Waals surface area contributed by atoms with E-state index in [-0.39, 0.29) is 19.2 Å². The number of aliphatic carboxylic acids is 1. The lowest BCUT2D eigenvalue weighted by Crippen LogP contribution is -2.36. The average molecular weight is 624 g/mol. The van der Waals surface area contributed by atoms with Gasteiger partial charge in [-0.1, -0.05) is 25.1 Å². The lowest BCUT2D eigenvalue weighted by atomic mass is 10.3. The molecule has 1 aliphatic rings. The van der Waals surface area contributed by atoms with Crippen LogP contribution in [-0.4, -0.2) is 63.0 Å². The Morgan fingerprint density at radius 1 is 1.23 bits per heavy atom. The molecule has 0 unspecified atom stereocenters. The number of hydrogen-bond donors (Lipinski definition) is 3. The van der Waals surface area contributed by atoms with E-state index in [0.29, 0.717) is 22.6 Å². The van der Waals surface area contributed by atoms with E-state index >= 15 is 0 Å². The first-order valence-corrected chi connectivity index (χ1v) is 14.5. The monoisotopic (exact) mass is 623 g/mol. The van der Waals surface area contributed by atoms with Crippen molar-refractivity contribution in [2.45, 2.75) is 45.8 Å². The summed E-state index contributed by atoms with van der Waals surface area (Å²) in [7, 11) is -3.83. The quantitative estimate of drug-likeness (QED) is 0.206.